The maximum absolute atomic E-state index is 13.2. The maximum atomic E-state index is 13.2. The SMILES string of the molecule is Cc1cc(C(C(=O)N2C[C@H](O)CC2C2=NCS(O)(O)N2)C(C)C)on1. The number of carbonyl (C=O) groups is 1. The molecule has 9 nitrogen and oxygen atoms in total. The van der Waals surface area contributed by atoms with Gasteiger partial charge in [0.2, 0.25) is 5.91 Å². The summed E-state index contributed by atoms with van der Waals surface area (Å²) in [5.74, 6) is -0.0650. The number of likely N-dealkylation sites (tertiary alicyclic amines) is 1. The van der Waals surface area contributed by atoms with Crippen molar-refractivity contribution in [1.29, 1.82) is 0 Å². The third-order valence-corrected chi connectivity index (χ3v) is 5.47. The van der Waals surface area contributed by atoms with E-state index in [0.29, 0.717) is 23.7 Å². The number of hydrogen-bond donors (Lipinski definition) is 4. The van der Waals surface area contributed by atoms with Crippen LogP contribution in [-0.2, 0) is 4.79 Å². The molecule has 0 saturated carbocycles. The smallest absolute Gasteiger partial charge is 0.234 e. The first-order chi connectivity index (χ1) is 11.7. The van der Waals surface area contributed by atoms with Crippen LogP contribution in [0.1, 0.15) is 37.6 Å². The first-order valence-electron chi connectivity index (χ1n) is 8.17. The van der Waals surface area contributed by atoms with Crippen LogP contribution in [0.25, 0.3) is 0 Å². The van der Waals surface area contributed by atoms with Gasteiger partial charge in [-0.3, -0.25) is 18.6 Å². The second-order valence-electron chi connectivity index (χ2n) is 6.93. The fourth-order valence-corrected chi connectivity index (χ4v) is 4.24. The molecule has 3 heterocycles. The summed E-state index contributed by atoms with van der Waals surface area (Å²) in [6, 6.07) is 1.23. The van der Waals surface area contributed by atoms with Gasteiger partial charge in [-0.25, -0.2) is 4.99 Å². The van der Waals surface area contributed by atoms with Crippen LogP contribution in [0.5, 0.6) is 0 Å². The van der Waals surface area contributed by atoms with Gasteiger partial charge in [0.15, 0.2) is 0 Å². The van der Waals surface area contributed by atoms with Crippen LogP contribution in [0, 0.1) is 12.8 Å². The Balaban J connectivity index is 1.85. The van der Waals surface area contributed by atoms with E-state index in [4.69, 9.17) is 4.52 Å². The minimum Gasteiger partial charge on any atom is -0.391 e. The zero-order valence-corrected chi connectivity index (χ0v) is 15.2. The predicted molar refractivity (Wildman–Crippen MR) is 93.2 cm³/mol. The fraction of sp³-hybridized carbons (Fsp3) is 0.667. The van der Waals surface area contributed by atoms with Gasteiger partial charge in [-0.05, 0) is 12.8 Å². The van der Waals surface area contributed by atoms with Crippen molar-refractivity contribution in [2.24, 2.45) is 10.9 Å². The van der Waals surface area contributed by atoms with Crippen molar-refractivity contribution in [3.8, 4) is 0 Å². The summed E-state index contributed by atoms with van der Waals surface area (Å²) in [7, 11) is -2.99. The molecule has 0 spiro atoms. The molecule has 0 radical (unpaired) electrons. The summed E-state index contributed by atoms with van der Waals surface area (Å²) in [5, 5.41) is 13.9. The molecule has 3 atom stereocenters. The molecule has 140 valence electrons. The molecular formula is C15H24N4O5S. The highest BCUT2D eigenvalue weighted by molar-refractivity contribution is 8.23. The lowest BCUT2D eigenvalue weighted by atomic mass is 9.91. The van der Waals surface area contributed by atoms with E-state index in [-0.39, 0.29) is 24.2 Å². The molecule has 10 heteroatoms. The quantitative estimate of drug-likeness (QED) is 0.626. The number of aliphatic imine (C=N–C) groups is 1. The Labute approximate surface area is 147 Å². The number of aromatic nitrogens is 1. The van der Waals surface area contributed by atoms with Gasteiger partial charge in [0.25, 0.3) is 0 Å². The van der Waals surface area contributed by atoms with Gasteiger partial charge >= 0.3 is 0 Å². The zero-order valence-electron chi connectivity index (χ0n) is 14.4. The summed E-state index contributed by atoms with van der Waals surface area (Å²) < 4.78 is 27.3. The molecule has 1 saturated heterocycles. The number of aliphatic hydroxyl groups is 1. The molecule has 0 aromatic carbocycles. The van der Waals surface area contributed by atoms with E-state index in [2.05, 4.69) is 14.9 Å². The van der Waals surface area contributed by atoms with Crippen molar-refractivity contribution >= 4 is 22.5 Å². The van der Waals surface area contributed by atoms with E-state index in [1.165, 1.54) is 0 Å². The van der Waals surface area contributed by atoms with Crippen molar-refractivity contribution in [2.75, 3.05) is 12.4 Å². The highest BCUT2D eigenvalue weighted by Gasteiger charge is 2.44. The first-order valence-corrected chi connectivity index (χ1v) is 9.89. The predicted octanol–water partition coefficient (Wildman–Crippen LogP) is 1.31. The number of β-amino-alcohol motifs (C(OH)–C–C–N with tert-alkyl or cyclic N) is 1. The van der Waals surface area contributed by atoms with Crippen LogP contribution < -0.4 is 4.72 Å². The number of nitrogens with one attached hydrogen (secondary N) is 1. The molecule has 4 N–H and O–H groups in total. The Kier molecular flexibility index (Phi) is 4.80. The Hall–Kier alpha value is -1.62. The maximum Gasteiger partial charge on any atom is 0.234 e. The molecule has 2 aliphatic rings. The van der Waals surface area contributed by atoms with Gasteiger partial charge in [-0.1, -0.05) is 29.8 Å². The second kappa shape index (κ2) is 6.60. The minimum atomic E-state index is -2.99. The van der Waals surface area contributed by atoms with E-state index >= 15 is 0 Å². The van der Waals surface area contributed by atoms with Crippen LogP contribution in [0.15, 0.2) is 15.6 Å². The Morgan fingerprint density at radius 1 is 1.48 bits per heavy atom. The van der Waals surface area contributed by atoms with Crippen molar-refractivity contribution < 1.29 is 23.5 Å². The summed E-state index contributed by atoms with van der Waals surface area (Å²) in [5.41, 5.74) is 0.697. The van der Waals surface area contributed by atoms with Crippen molar-refractivity contribution in [3.63, 3.8) is 0 Å². The zero-order chi connectivity index (χ0) is 18.4. The third-order valence-electron chi connectivity index (χ3n) is 4.45. The summed E-state index contributed by atoms with van der Waals surface area (Å²) in [6.07, 6.45) is -0.391. The number of amidine groups is 1. The third kappa shape index (κ3) is 3.66. The standard InChI is InChI=1S/C15H24N4O5S/c1-8(2)13(12-4-9(3)17-24-12)15(21)19-6-10(20)5-11(19)14-16-7-25(22,23)18-14/h4,8,10-11,13,20,22-23H,5-7H2,1-3H3,(H,16,18)/t10-,11?,13?/m1/s1. The van der Waals surface area contributed by atoms with E-state index < -0.39 is 28.8 Å². The van der Waals surface area contributed by atoms with E-state index in [1.54, 1.807) is 17.9 Å². The van der Waals surface area contributed by atoms with E-state index in [0.717, 1.165) is 0 Å². The van der Waals surface area contributed by atoms with Gasteiger partial charge < -0.3 is 14.5 Å². The molecule has 2 unspecified atom stereocenters. The Bertz CT molecular complexity index is 689. The van der Waals surface area contributed by atoms with E-state index in [1.807, 2.05) is 13.8 Å². The first kappa shape index (κ1) is 18.2. The molecule has 0 bridgehead atoms. The van der Waals surface area contributed by atoms with Crippen molar-refractivity contribution in [3.05, 3.63) is 17.5 Å². The highest BCUT2D eigenvalue weighted by atomic mass is 32.3. The molecule has 3 rings (SSSR count). The molecule has 25 heavy (non-hydrogen) atoms. The lowest BCUT2D eigenvalue weighted by Gasteiger charge is -2.31. The molecule has 1 fully saturated rings. The summed E-state index contributed by atoms with van der Waals surface area (Å²) in [4.78, 5) is 18.9. The molecular weight excluding hydrogens is 348 g/mol. The molecule has 2 aliphatic heterocycles. The van der Waals surface area contributed by atoms with Gasteiger partial charge in [0, 0.05) is 19.0 Å². The second-order valence-corrected chi connectivity index (χ2v) is 8.73. The number of rotatable bonds is 4. The van der Waals surface area contributed by atoms with Crippen molar-refractivity contribution in [2.45, 2.75) is 45.3 Å². The lowest BCUT2D eigenvalue weighted by molar-refractivity contribution is -0.134. The van der Waals surface area contributed by atoms with Crippen LogP contribution in [0.3, 0.4) is 0 Å². The van der Waals surface area contributed by atoms with E-state index in [9.17, 15) is 19.0 Å². The molecule has 0 aliphatic carbocycles. The van der Waals surface area contributed by atoms with Gasteiger partial charge in [0.1, 0.15) is 23.4 Å². The number of aryl methyl sites for hydroxylation is 1. The van der Waals surface area contributed by atoms with Crippen LogP contribution in [-0.4, -0.2) is 60.6 Å². The number of nitrogens with zero attached hydrogens (tertiary/aromatic N) is 3. The normalized spacial score (nSPS) is 28.0. The van der Waals surface area contributed by atoms with Crippen LogP contribution in [0.2, 0.25) is 0 Å². The topological polar surface area (TPSA) is 131 Å². The number of amides is 1. The average molecular weight is 372 g/mol. The van der Waals surface area contributed by atoms with Gasteiger partial charge in [0.05, 0.1) is 17.8 Å². The largest absolute Gasteiger partial charge is 0.391 e. The van der Waals surface area contributed by atoms with Gasteiger partial charge in [-0.2, -0.15) is 0 Å². The summed E-state index contributed by atoms with van der Waals surface area (Å²) >= 11 is 0. The van der Waals surface area contributed by atoms with Crippen LogP contribution in [0.4, 0.5) is 0 Å². The average Bonchev–Trinajstić information content (AvgIpc) is 3.18. The number of aliphatic hydroxyl groups excluding tert-OH is 1. The lowest BCUT2D eigenvalue weighted by Crippen LogP contribution is -2.47. The van der Waals surface area contributed by atoms with Crippen LogP contribution >= 0.6 is 10.8 Å². The monoisotopic (exact) mass is 372 g/mol. The molecule has 1 amide bonds. The van der Waals surface area contributed by atoms with Gasteiger partial charge in [-0.15, -0.1) is 0 Å². The molecule has 1 aromatic rings. The number of hydrogen-bond acceptors (Lipinski definition) is 8. The Morgan fingerprint density at radius 3 is 2.72 bits per heavy atom. The Morgan fingerprint density at radius 2 is 2.20 bits per heavy atom. The van der Waals surface area contributed by atoms with Crippen molar-refractivity contribution in [1.82, 2.24) is 14.8 Å². The fourth-order valence-electron chi connectivity index (χ4n) is 3.33. The minimum absolute atomic E-state index is 0.0304. The molecule has 1 aromatic heterocycles. The number of carbonyl (C=O) groups excluding carboxylic acids is 1. The summed E-state index contributed by atoms with van der Waals surface area (Å²) in [6.45, 7) is 5.80. The highest BCUT2D eigenvalue weighted by Crippen LogP contribution is 2.39.